The predicted octanol–water partition coefficient (Wildman–Crippen LogP) is 0.933. The lowest BCUT2D eigenvalue weighted by molar-refractivity contribution is 0.423. The third-order valence-electron chi connectivity index (χ3n) is 2.26. The van der Waals surface area contributed by atoms with Crippen LogP contribution in [0.25, 0.3) is 23.1 Å². The van der Waals surface area contributed by atoms with Crippen LogP contribution < -0.4 is 0 Å². The average molecular weight is 245 g/mol. The van der Waals surface area contributed by atoms with Crippen molar-refractivity contribution in [3.8, 4) is 34.6 Å². The van der Waals surface area contributed by atoms with E-state index in [0.717, 1.165) is 0 Å². The van der Waals surface area contributed by atoms with Crippen molar-refractivity contribution in [1.29, 1.82) is 0 Å². The summed E-state index contributed by atoms with van der Waals surface area (Å²) in [7, 11) is 0. The predicted molar refractivity (Wildman–Crippen MR) is 58.4 cm³/mol. The van der Waals surface area contributed by atoms with Gasteiger partial charge in [-0.3, -0.25) is 5.10 Å². The lowest BCUT2D eigenvalue weighted by Gasteiger charge is -1.98. The van der Waals surface area contributed by atoms with Gasteiger partial charge in [-0.1, -0.05) is 5.16 Å². The third-order valence-corrected chi connectivity index (χ3v) is 2.26. The van der Waals surface area contributed by atoms with Gasteiger partial charge in [0.2, 0.25) is 5.82 Å². The molecular weight excluding hydrogens is 238 g/mol. The second kappa shape index (κ2) is 3.84. The summed E-state index contributed by atoms with van der Waals surface area (Å²) in [5.41, 5.74) is 0.325. The minimum atomic E-state index is -0.150. The van der Waals surface area contributed by atoms with Crippen molar-refractivity contribution in [2.24, 2.45) is 0 Å². The second-order valence-electron chi connectivity index (χ2n) is 3.46. The number of nitrogens with one attached hydrogen (secondary N) is 1. The first-order valence-corrected chi connectivity index (χ1v) is 4.96. The molecule has 0 spiro atoms. The number of aromatic amines is 1. The number of phenolic OH excluding ortho intramolecular Hbond substituents is 2. The summed E-state index contributed by atoms with van der Waals surface area (Å²) in [6.45, 7) is 0. The Morgan fingerprint density at radius 1 is 1.22 bits per heavy atom. The molecule has 2 heterocycles. The van der Waals surface area contributed by atoms with Crippen LogP contribution in [0.3, 0.4) is 0 Å². The summed E-state index contributed by atoms with van der Waals surface area (Å²) >= 11 is 0. The van der Waals surface area contributed by atoms with E-state index in [9.17, 15) is 10.2 Å². The smallest absolute Gasteiger partial charge is 0.262 e. The third kappa shape index (κ3) is 1.65. The van der Waals surface area contributed by atoms with Gasteiger partial charge in [-0.2, -0.15) is 10.1 Å². The van der Waals surface area contributed by atoms with Crippen molar-refractivity contribution in [1.82, 2.24) is 25.3 Å². The van der Waals surface area contributed by atoms with Gasteiger partial charge in [0.05, 0.1) is 5.56 Å². The van der Waals surface area contributed by atoms with Crippen LogP contribution in [0.15, 0.2) is 29.0 Å². The lowest BCUT2D eigenvalue weighted by Crippen LogP contribution is -1.84. The molecule has 0 bridgehead atoms. The molecule has 0 unspecified atom stereocenters. The minimum absolute atomic E-state index is 0.0498. The Morgan fingerprint density at radius 2 is 2.11 bits per heavy atom. The Hall–Kier alpha value is -2.90. The van der Waals surface area contributed by atoms with Crippen molar-refractivity contribution >= 4 is 0 Å². The number of hydrogen-bond acceptors (Lipinski definition) is 7. The van der Waals surface area contributed by atoms with Gasteiger partial charge in [0.1, 0.15) is 17.8 Å². The standard InChI is InChI=1S/C10H7N5O3/c16-5-1-2-6(7(17)3-5)10-13-9(15-18-10)8-11-4-12-14-8/h1-4,16-17H,(H,11,12,14). The average Bonchev–Trinajstić information content (AvgIpc) is 2.99. The fourth-order valence-electron chi connectivity index (χ4n) is 1.44. The van der Waals surface area contributed by atoms with Crippen LogP contribution in [-0.4, -0.2) is 35.5 Å². The number of phenols is 2. The van der Waals surface area contributed by atoms with Gasteiger partial charge < -0.3 is 14.7 Å². The zero-order chi connectivity index (χ0) is 12.5. The highest BCUT2D eigenvalue weighted by molar-refractivity contribution is 5.64. The Labute approximate surface area is 99.9 Å². The molecule has 0 atom stereocenters. The number of H-pyrrole nitrogens is 1. The molecule has 0 saturated heterocycles. The fraction of sp³-hybridized carbons (Fsp3) is 0. The van der Waals surface area contributed by atoms with Gasteiger partial charge in [0.15, 0.2) is 5.82 Å². The summed E-state index contributed by atoms with van der Waals surface area (Å²) in [5, 5.41) is 28.8. The van der Waals surface area contributed by atoms with Crippen LogP contribution >= 0.6 is 0 Å². The highest BCUT2D eigenvalue weighted by Crippen LogP contribution is 2.31. The number of aromatic hydroxyl groups is 2. The number of rotatable bonds is 2. The zero-order valence-electron chi connectivity index (χ0n) is 8.90. The molecule has 0 aliphatic rings. The van der Waals surface area contributed by atoms with Crippen LogP contribution in [0, 0.1) is 0 Å². The Balaban J connectivity index is 2.03. The zero-order valence-corrected chi connectivity index (χ0v) is 8.90. The van der Waals surface area contributed by atoms with E-state index in [1.807, 2.05) is 0 Å². The number of nitrogens with zero attached hydrogens (tertiary/aromatic N) is 4. The first-order chi connectivity index (χ1) is 8.74. The van der Waals surface area contributed by atoms with E-state index >= 15 is 0 Å². The summed E-state index contributed by atoms with van der Waals surface area (Å²) in [4.78, 5) is 7.94. The molecule has 18 heavy (non-hydrogen) atoms. The molecule has 0 saturated carbocycles. The van der Waals surface area contributed by atoms with Crippen LogP contribution in [0.5, 0.6) is 11.5 Å². The maximum absolute atomic E-state index is 9.66. The van der Waals surface area contributed by atoms with E-state index in [4.69, 9.17) is 4.52 Å². The van der Waals surface area contributed by atoms with Crippen molar-refractivity contribution < 1.29 is 14.7 Å². The maximum Gasteiger partial charge on any atom is 0.262 e. The molecule has 0 aliphatic heterocycles. The van der Waals surface area contributed by atoms with E-state index in [1.165, 1.54) is 24.5 Å². The van der Waals surface area contributed by atoms with Crippen molar-refractivity contribution in [3.05, 3.63) is 24.5 Å². The van der Waals surface area contributed by atoms with E-state index < -0.39 is 0 Å². The molecule has 0 amide bonds. The van der Waals surface area contributed by atoms with Gasteiger partial charge in [-0.05, 0) is 12.1 Å². The monoisotopic (exact) mass is 245 g/mol. The van der Waals surface area contributed by atoms with Gasteiger partial charge in [-0.15, -0.1) is 0 Å². The molecule has 1 aromatic carbocycles. The molecule has 8 nitrogen and oxygen atoms in total. The molecule has 0 radical (unpaired) electrons. The summed E-state index contributed by atoms with van der Waals surface area (Å²) in [6.07, 6.45) is 1.32. The summed E-state index contributed by atoms with van der Waals surface area (Å²) in [5.74, 6) is 0.520. The van der Waals surface area contributed by atoms with Crippen LogP contribution in [-0.2, 0) is 0 Å². The van der Waals surface area contributed by atoms with Gasteiger partial charge in [-0.25, -0.2) is 4.98 Å². The Morgan fingerprint density at radius 3 is 2.83 bits per heavy atom. The molecule has 8 heteroatoms. The molecule has 0 aliphatic carbocycles. The second-order valence-corrected chi connectivity index (χ2v) is 3.46. The highest BCUT2D eigenvalue weighted by Gasteiger charge is 2.15. The Kier molecular flexibility index (Phi) is 2.19. The first kappa shape index (κ1) is 10.3. The van der Waals surface area contributed by atoms with Gasteiger partial charge in [0.25, 0.3) is 5.89 Å². The molecule has 2 aromatic heterocycles. The molecule has 3 N–H and O–H groups in total. The normalized spacial score (nSPS) is 10.7. The van der Waals surface area contributed by atoms with Gasteiger partial charge >= 0.3 is 0 Å². The van der Waals surface area contributed by atoms with Crippen molar-refractivity contribution in [2.75, 3.05) is 0 Å². The summed E-state index contributed by atoms with van der Waals surface area (Å²) in [6, 6.07) is 4.07. The molecule has 90 valence electrons. The highest BCUT2D eigenvalue weighted by atomic mass is 16.5. The number of benzene rings is 1. The largest absolute Gasteiger partial charge is 0.508 e. The molecule has 3 aromatic rings. The van der Waals surface area contributed by atoms with Crippen LogP contribution in [0.4, 0.5) is 0 Å². The number of aromatic nitrogens is 5. The minimum Gasteiger partial charge on any atom is -0.508 e. The maximum atomic E-state index is 9.66. The van der Waals surface area contributed by atoms with E-state index in [1.54, 1.807) is 0 Å². The van der Waals surface area contributed by atoms with Crippen LogP contribution in [0.2, 0.25) is 0 Å². The van der Waals surface area contributed by atoms with Crippen molar-refractivity contribution in [3.63, 3.8) is 0 Å². The van der Waals surface area contributed by atoms with E-state index in [-0.39, 0.29) is 23.2 Å². The fourth-order valence-corrected chi connectivity index (χ4v) is 1.44. The number of hydrogen-bond donors (Lipinski definition) is 3. The molecular formula is C10H7N5O3. The Bertz CT molecular complexity index is 677. The topological polar surface area (TPSA) is 121 Å². The van der Waals surface area contributed by atoms with E-state index in [0.29, 0.717) is 11.4 Å². The van der Waals surface area contributed by atoms with E-state index in [2.05, 4.69) is 25.3 Å². The molecule has 3 rings (SSSR count). The van der Waals surface area contributed by atoms with Crippen LogP contribution in [0.1, 0.15) is 0 Å². The molecule has 0 fully saturated rings. The lowest BCUT2D eigenvalue weighted by atomic mass is 10.2. The quantitative estimate of drug-likeness (QED) is 0.614. The first-order valence-electron chi connectivity index (χ1n) is 4.96. The summed E-state index contributed by atoms with van der Waals surface area (Å²) < 4.78 is 5.00. The SMILES string of the molecule is Oc1ccc(-c2nc(-c3ncn[nH]3)no2)c(O)c1. The van der Waals surface area contributed by atoms with Gasteiger partial charge in [0, 0.05) is 6.07 Å². The van der Waals surface area contributed by atoms with Crippen molar-refractivity contribution in [2.45, 2.75) is 0 Å².